The molecule has 0 radical (unpaired) electrons. The van der Waals surface area contributed by atoms with Crippen LogP contribution in [0.3, 0.4) is 0 Å². The molecule has 1 amide bonds. The van der Waals surface area contributed by atoms with E-state index in [1.165, 1.54) is 0 Å². The first kappa shape index (κ1) is 22.5. The van der Waals surface area contributed by atoms with Crippen molar-refractivity contribution in [3.63, 3.8) is 0 Å². The Morgan fingerprint density at radius 1 is 1.21 bits per heavy atom. The van der Waals surface area contributed by atoms with E-state index in [0.29, 0.717) is 29.2 Å². The third kappa shape index (κ3) is 4.41. The summed E-state index contributed by atoms with van der Waals surface area (Å²) in [5, 5.41) is -0.134. The highest BCUT2D eigenvalue weighted by atomic mass is 32.2. The molecule has 34 heavy (non-hydrogen) atoms. The van der Waals surface area contributed by atoms with Gasteiger partial charge in [-0.05, 0) is 87.2 Å². The van der Waals surface area contributed by atoms with Gasteiger partial charge in [-0.1, -0.05) is 0 Å². The number of nitrogens with zero attached hydrogens (tertiary/aromatic N) is 5. The van der Waals surface area contributed by atoms with Crippen LogP contribution in [0.15, 0.2) is 41.6 Å². The van der Waals surface area contributed by atoms with Crippen molar-refractivity contribution in [1.29, 1.82) is 0 Å². The van der Waals surface area contributed by atoms with Crippen molar-refractivity contribution in [1.82, 2.24) is 19.4 Å². The predicted octanol–water partition coefficient (Wildman–Crippen LogP) is 3.22. The number of carbonyl (C=O) groups is 3. The first-order chi connectivity index (χ1) is 16.4. The van der Waals surface area contributed by atoms with Crippen LogP contribution in [0.4, 0.5) is 5.69 Å². The summed E-state index contributed by atoms with van der Waals surface area (Å²) in [7, 11) is 4.03. The lowest BCUT2D eigenvalue weighted by Gasteiger charge is -2.18. The molecule has 2 aliphatic heterocycles. The highest BCUT2D eigenvalue weighted by molar-refractivity contribution is 8.18. The number of rotatable bonds is 6. The summed E-state index contributed by atoms with van der Waals surface area (Å²) in [6.45, 7) is 1.60. The summed E-state index contributed by atoms with van der Waals surface area (Å²) in [5.41, 5.74) is 5.04. The zero-order valence-corrected chi connectivity index (χ0v) is 20.0. The van der Waals surface area contributed by atoms with E-state index in [2.05, 4.69) is 16.0 Å². The van der Waals surface area contributed by atoms with Crippen LogP contribution in [-0.4, -0.2) is 63.4 Å². The molecule has 1 saturated heterocycles. The van der Waals surface area contributed by atoms with Crippen molar-refractivity contribution in [2.24, 2.45) is 0 Å². The predicted molar refractivity (Wildman–Crippen MR) is 133 cm³/mol. The number of pyridine rings is 1. The Hall–Kier alpha value is -3.30. The van der Waals surface area contributed by atoms with E-state index in [1.807, 2.05) is 41.8 Å². The normalized spacial score (nSPS) is 16.9. The van der Waals surface area contributed by atoms with Crippen LogP contribution in [0.25, 0.3) is 22.9 Å². The second-order valence-corrected chi connectivity index (χ2v) is 9.89. The maximum atomic E-state index is 12.7. The molecule has 0 spiro atoms. The summed E-state index contributed by atoms with van der Waals surface area (Å²) in [5.74, 6) is 0.00318. The smallest absolute Gasteiger partial charge is 0.227 e. The topological polar surface area (TPSA) is 88.4 Å². The van der Waals surface area contributed by atoms with Crippen LogP contribution < -0.4 is 4.90 Å². The molecule has 0 bridgehead atoms. The van der Waals surface area contributed by atoms with Crippen LogP contribution in [0.1, 0.15) is 30.5 Å². The number of imidazole rings is 1. The van der Waals surface area contributed by atoms with E-state index in [4.69, 9.17) is 4.98 Å². The van der Waals surface area contributed by atoms with E-state index in [9.17, 15) is 14.4 Å². The van der Waals surface area contributed by atoms with E-state index >= 15 is 0 Å². The van der Waals surface area contributed by atoms with Crippen LogP contribution in [0.5, 0.6) is 0 Å². The number of hydrogen-bond acceptors (Lipinski definition) is 7. The van der Waals surface area contributed by atoms with Crippen molar-refractivity contribution >= 4 is 51.5 Å². The Morgan fingerprint density at radius 2 is 2.06 bits per heavy atom. The summed E-state index contributed by atoms with van der Waals surface area (Å²) in [4.78, 5) is 49.8. The van der Waals surface area contributed by atoms with Gasteiger partial charge in [0.05, 0.1) is 17.0 Å². The minimum absolute atomic E-state index is 0.0546. The number of hydrogen-bond donors (Lipinski definition) is 0. The van der Waals surface area contributed by atoms with Crippen molar-refractivity contribution in [3.8, 4) is 5.69 Å². The molecule has 8 nitrogen and oxygen atoms in total. The highest BCUT2D eigenvalue weighted by Crippen LogP contribution is 2.32. The molecule has 1 fully saturated rings. The van der Waals surface area contributed by atoms with E-state index in [0.717, 1.165) is 53.6 Å². The van der Waals surface area contributed by atoms with E-state index < -0.39 is 0 Å². The second-order valence-electron chi connectivity index (χ2n) is 8.79. The molecule has 5 rings (SSSR count). The zero-order chi connectivity index (χ0) is 23.8. The van der Waals surface area contributed by atoms with Crippen molar-refractivity contribution < 1.29 is 14.4 Å². The zero-order valence-electron chi connectivity index (χ0n) is 19.2. The van der Waals surface area contributed by atoms with E-state index in [-0.39, 0.29) is 23.2 Å². The van der Waals surface area contributed by atoms with Gasteiger partial charge in [0.1, 0.15) is 11.8 Å². The lowest BCUT2D eigenvalue weighted by molar-refractivity contribution is -0.120. The summed E-state index contributed by atoms with van der Waals surface area (Å²) in [6, 6.07) is 9.72. The molecular formula is C25H25N5O3S. The molecule has 3 aromatic rings. The van der Waals surface area contributed by atoms with Crippen LogP contribution in [0.2, 0.25) is 0 Å². The largest absolute Gasteiger partial charge is 0.312 e. The number of thioether (sulfide) groups is 1. The first-order valence-electron chi connectivity index (χ1n) is 11.3. The Bertz CT molecular complexity index is 1340. The summed E-state index contributed by atoms with van der Waals surface area (Å²) < 4.78 is 1.91. The lowest BCUT2D eigenvalue weighted by Crippen LogP contribution is -2.29. The van der Waals surface area contributed by atoms with Crippen LogP contribution in [0, 0.1) is 0 Å². The average Bonchev–Trinajstić information content (AvgIpc) is 3.49. The van der Waals surface area contributed by atoms with Gasteiger partial charge in [-0.2, -0.15) is 0 Å². The molecule has 0 aliphatic carbocycles. The minimum Gasteiger partial charge on any atom is -0.312 e. The Kier molecular flexibility index (Phi) is 6.05. The first-order valence-corrected chi connectivity index (χ1v) is 12.1. The molecule has 2 aliphatic rings. The SMILES string of the molecule is CN(C)CCCC(=O)N1CCc2cc(-n3cnc4ccc(/C=C5\SC(=O)CC5=O)nc43)ccc21. The van der Waals surface area contributed by atoms with Gasteiger partial charge in [0.15, 0.2) is 11.4 Å². The number of Topliss-reactive ketones (excluding diaryl/α,β-unsaturated/α-hetero) is 1. The summed E-state index contributed by atoms with van der Waals surface area (Å²) in [6.07, 6.45) is 5.54. The van der Waals surface area contributed by atoms with Crippen LogP contribution >= 0.6 is 11.8 Å². The monoisotopic (exact) mass is 475 g/mol. The highest BCUT2D eigenvalue weighted by Gasteiger charge is 2.26. The fourth-order valence-electron chi connectivity index (χ4n) is 4.33. The van der Waals surface area contributed by atoms with Gasteiger partial charge in [0.2, 0.25) is 11.0 Å². The molecule has 9 heteroatoms. The quantitative estimate of drug-likeness (QED) is 0.400. The number of allylic oxidation sites excluding steroid dienone is 1. The van der Waals surface area contributed by atoms with Gasteiger partial charge in [0, 0.05) is 24.3 Å². The molecule has 0 atom stereocenters. The fourth-order valence-corrected chi connectivity index (χ4v) is 5.15. The van der Waals surface area contributed by atoms with Gasteiger partial charge in [-0.25, -0.2) is 9.97 Å². The van der Waals surface area contributed by atoms with Gasteiger partial charge in [-0.3, -0.25) is 19.0 Å². The van der Waals surface area contributed by atoms with Crippen molar-refractivity contribution in [2.75, 3.05) is 32.1 Å². The number of amides is 1. The van der Waals surface area contributed by atoms with Crippen LogP contribution in [-0.2, 0) is 20.8 Å². The van der Waals surface area contributed by atoms with Gasteiger partial charge in [0.25, 0.3) is 0 Å². The Morgan fingerprint density at radius 3 is 2.82 bits per heavy atom. The number of benzene rings is 1. The maximum absolute atomic E-state index is 12.7. The fraction of sp³-hybridized carbons (Fsp3) is 0.320. The van der Waals surface area contributed by atoms with Gasteiger partial charge < -0.3 is 9.80 Å². The Balaban J connectivity index is 1.40. The van der Waals surface area contributed by atoms with Crippen molar-refractivity contribution in [2.45, 2.75) is 25.7 Å². The lowest BCUT2D eigenvalue weighted by atomic mass is 10.1. The molecule has 0 N–H and O–H groups in total. The number of ketones is 1. The van der Waals surface area contributed by atoms with E-state index in [1.54, 1.807) is 18.5 Å². The molecule has 0 unspecified atom stereocenters. The van der Waals surface area contributed by atoms with Gasteiger partial charge in [-0.15, -0.1) is 0 Å². The molecule has 2 aromatic heterocycles. The molecule has 174 valence electrons. The number of fused-ring (bicyclic) bond motifs is 2. The third-order valence-electron chi connectivity index (χ3n) is 6.03. The number of carbonyl (C=O) groups excluding carboxylic acids is 3. The molecular weight excluding hydrogens is 450 g/mol. The number of anilines is 1. The Labute approximate surface area is 201 Å². The molecule has 1 aromatic carbocycles. The average molecular weight is 476 g/mol. The second kappa shape index (κ2) is 9.15. The maximum Gasteiger partial charge on any atom is 0.227 e. The van der Waals surface area contributed by atoms with Crippen molar-refractivity contribution in [3.05, 3.63) is 52.8 Å². The van der Waals surface area contributed by atoms with Gasteiger partial charge >= 0.3 is 0 Å². The third-order valence-corrected chi connectivity index (χ3v) is 6.97. The standard InChI is InChI=1S/C25H25N5O3S/c1-28(2)10-3-4-23(32)29-11-9-16-12-18(6-8-20(16)29)30-15-26-19-7-5-17(27-25(19)30)13-22-21(31)14-24(33)34-22/h5-8,12-13,15H,3-4,9-11,14H2,1-2H3/b22-13-. The minimum atomic E-state index is -0.162. The molecule has 4 heterocycles. The molecule has 0 saturated carbocycles. The number of aromatic nitrogens is 3. The summed E-state index contributed by atoms with van der Waals surface area (Å²) >= 11 is 0.974.